The molecule has 0 fully saturated rings. The molecule has 204 valence electrons. The number of hydrogen-bond donors (Lipinski definition) is 1. The van der Waals surface area contributed by atoms with Crippen LogP contribution in [0.25, 0.3) is 11.1 Å². The summed E-state index contributed by atoms with van der Waals surface area (Å²) < 4.78 is 82.0. The zero-order valence-corrected chi connectivity index (χ0v) is 21.6. The van der Waals surface area contributed by atoms with Crippen molar-refractivity contribution in [3.63, 3.8) is 0 Å². The minimum absolute atomic E-state index is 0.00459. The lowest BCUT2D eigenvalue weighted by molar-refractivity contribution is -0.137. The summed E-state index contributed by atoms with van der Waals surface area (Å²) in [7, 11) is -1.68. The molecule has 0 bridgehead atoms. The van der Waals surface area contributed by atoms with E-state index in [4.69, 9.17) is 21.1 Å². The van der Waals surface area contributed by atoms with Gasteiger partial charge >= 0.3 is 12.3 Å². The topological polar surface area (TPSA) is 124 Å². The number of amides is 1. The molecular formula is C24H18ClF3N4O6S. The van der Waals surface area contributed by atoms with Crippen LogP contribution in [0.1, 0.15) is 5.56 Å². The first-order valence-corrected chi connectivity index (χ1v) is 12.6. The summed E-state index contributed by atoms with van der Waals surface area (Å²) in [6, 6.07) is 10.9. The van der Waals surface area contributed by atoms with Gasteiger partial charge < -0.3 is 14.0 Å². The third kappa shape index (κ3) is 5.91. The predicted octanol–water partition coefficient (Wildman–Crippen LogP) is 6.12. The van der Waals surface area contributed by atoms with E-state index in [1.54, 1.807) is 0 Å². The Bertz CT molecular complexity index is 1600. The molecular weight excluding hydrogens is 565 g/mol. The quantitative estimate of drug-likeness (QED) is 0.276. The Kier molecular flexibility index (Phi) is 7.70. The van der Waals surface area contributed by atoms with Gasteiger partial charge in [-0.2, -0.15) is 13.2 Å². The smallest absolute Gasteiger partial charge is 0.420 e. The van der Waals surface area contributed by atoms with E-state index in [0.717, 1.165) is 30.3 Å². The van der Waals surface area contributed by atoms with Gasteiger partial charge in [0.1, 0.15) is 22.7 Å². The van der Waals surface area contributed by atoms with E-state index < -0.39 is 27.9 Å². The standard InChI is InChI=1S/C24H18ClF3N4O6S/c1-36-20-11-17(14-4-3-5-15(10-14)24(26,27)28)18(25)12-19(20)32(23(33)37-2)22-7-6-16(13-29-22)39(34,35)31-21-8-9-38-30-21/h3-13H,1-2H3,(H,30,31). The number of carbonyl (C=O) groups is 1. The van der Waals surface area contributed by atoms with Gasteiger partial charge in [-0.05, 0) is 42.0 Å². The van der Waals surface area contributed by atoms with Crippen molar-refractivity contribution < 1.29 is 40.4 Å². The lowest BCUT2D eigenvalue weighted by Gasteiger charge is -2.23. The second-order valence-electron chi connectivity index (χ2n) is 7.73. The predicted molar refractivity (Wildman–Crippen MR) is 135 cm³/mol. The molecule has 10 nitrogen and oxygen atoms in total. The van der Waals surface area contributed by atoms with Crippen molar-refractivity contribution in [1.82, 2.24) is 10.1 Å². The fourth-order valence-electron chi connectivity index (χ4n) is 3.50. The van der Waals surface area contributed by atoms with Crippen LogP contribution in [0.4, 0.5) is 35.3 Å². The van der Waals surface area contributed by atoms with E-state index in [1.807, 2.05) is 0 Å². The van der Waals surface area contributed by atoms with Crippen molar-refractivity contribution >= 4 is 45.0 Å². The number of methoxy groups -OCH3 is 2. The number of benzene rings is 2. The zero-order chi connectivity index (χ0) is 28.4. The van der Waals surface area contributed by atoms with Gasteiger partial charge in [0.15, 0.2) is 5.82 Å². The third-order valence-corrected chi connectivity index (χ3v) is 6.96. The van der Waals surface area contributed by atoms with Crippen molar-refractivity contribution in [3.8, 4) is 16.9 Å². The molecule has 1 N–H and O–H groups in total. The highest BCUT2D eigenvalue weighted by Gasteiger charge is 2.31. The number of ether oxygens (including phenoxy) is 2. The Morgan fingerprint density at radius 2 is 1.87 bits per heavy atom. The number of aromatic nitrogens is 2. The van der Waals surface area contributed by atoms with E-state index in [0.29, 0.717) is 0 Å². The Labute approximate surface area is 225 Å². The number of rotatable bonds is 7. The Hall–Kier alpha value is -4.30. The first-order valence-electron chi connectivity index (χ1n) is 10.8. The minimum Gasteiger partial charge on any atom is -0.495 e. The summed E-state index contributed by atoms with van der Waals surface area (Å²) in [5.41, 5.74) is -0.459. The largest absolute Gasteiger partial charge is 0.495 e. The van der Waals surface area contributed by atoms with Crippen molar-refractivity contribution in [3.05, 3.63) is 77.6 Å². The maximum atomic E-state index is 13.2. The molecule has 2 aromatic heterocycles. The SMILES string of the molecule is COC(=O)N(c1ccc(S(=O)(=O)Nc2ccon2)cn1)c1cc(Cl)c(-c2cccc(C(F)(F)F)c2)cc1OC. The first kappa shape index (κ1) is 27.7. The average molecular weight is 583 g/mol. The van der Waals surface area contributed by atoms with E-state index in [2.05, 4.69) is 19.4 Å². The van der Waals surface area contributed by atoms with Crippen LogP contribution in [0, 0.1) is 0 Å². The number of carbonyl (C=O) groups excluding carboxylic acids is 1. The summed E-state index contributed by atoms with van der Waals surface area (Å²) in [6.45, 7) is 0. The number of alkyl halides is 3. The van der Waals surface area contributed by atoms with Gasteiger partial charge in [-0.3, -0.25) is 4.72 Å². The molecule has 2 heterocycles. The van der Waals surface area contributed by atoms with E-state index in [-0.39, 0.29) is 44.1 Å². The molecule has 0 radical (unpaired) electrons. The molecule has 0 aliphatic heterocycles. The highest BCUT2D eigenvalue weighted by atomic mass is 35.5. The van der Waals surface area contributed by atoms with Crippen LogP contribution in [0.15, 0.2) is 76.5 Å². The number of pyridine rings is 1. The van der Waals surface area contributed by atoms with Crippen molar-refractivity contribution in [2.75, 3.05) is 23.8 Å². The molecule has 0 atom stereocenters. The summed E-state index contributed by atoms with van der Waals surface area (Å²) in [5.74, 6) is -0.0673. The summed E-state index contributed by atoms with van der Waals surface area (Å²) in [6.07, 6.45) is -3.31. The van der Waals surface area contributed by atoms with Gasteiger partial charge in [-0.1, -0.05) is 28.9 Å². The molecule has 1 amide bonds. The van der Waals surface area contributed by atoms with Gasteiger partial charge in [0, 0.05) is 17.8 Å². The molecule has 2 aromatic carbocycles. The van der Waals surface area contributed by atoms with Crippen LogP contribution >= 0.6 is 11.6 Å². The molecule has 0 unspecified atom stereocenters. The number of anilines is 3. The van der Waals surface area contributed by atoms with Crippen molar-refractivity contribution in [2.24, 2.45) is 0 Å². The second-order valence-corrected chi connectivity index (χ2v) is 9.82. The number of nitrogens with zero attached hydrogens (tertiary/aromatic N) is 3. The molecule has 0 saturated heterocycles. The minimum atomic E-state index is -4.57. The molecule has 15 heteroatoms. The van der Waals surface area contributed by atoms with Gasteiger partial charge in [-0.15, -0.1) is 0 Å². The normalized spacial score (nSPS) is 11.6. The summed E-state index contributed by atoms with van der Waals surface area (Å²) in [5, 5.41) is 3.48. The maximum absolute atomic E-state index is 13.2. The lowest BCUT2D eigenvalue weighted by Crippen LogP contribution is -2.27. The highest BCUT2D eigenvalue weighted by molar-refractivity contribution is 7.92. The fraction of sp³-hybridized carbons (Fsp3) is 0.125. The third-order valence-electron chi connectivity index (χ3n) is 5.30. The van der Waals surface area contributed by atoms with Crippen LogP contribution in [0.5, 0.6) is 5.75 Å². The average Bonchev–Trinajstić information content (AvgIpc) is 3.41. The maximum Gasteiger partial charge on any atom is 0.420 e. The molecule has 0 aliphatic rings. The molecule has 39 heavy (non-hydrogen) atoms. The Morgan fingerprint density at radius 1 is 1.10 bits per heavy atom. The van der Waals surface area contributed by atoms with Crippen LogP contribution in [-0.4, -0.2) is 38.9 Å². The van der Waals surface area contributed by atoms with E-state index in [9.17, 15) is 26.4 Å². The molecule has 0 saturated carbocycles. The molecule has 0 aliphatic carbocycles. The van der Waals surface area contributed by atoms with Crippen LogP contribution in [-0.2, 0) is 20.9 Å². The molecule has 0 spiro atoms. The number of nitrogens with one attached hydrogen (secondary N) is 1. The van der Waals surface area contributed by atoms with Gasteiger partial charge in [0.05, 0.1) is 30.5 Å². The lowest BCUT2D eigenvalue weighted by atomic mass is 10.0. The van der Waals surface area contributed by atoms with Crippen molar-refractivity contribution in [2.45, 2.75) is 11.1 Å². The zero-order valence-electron chi connectivity index (χ0n) is 20.1. The Morgan fingerprint density at radius 3 is 2.46 bits per heavy atom. The van der Waals surface area contributed by atoms with Crippen LogP contribution < -0.4 is 14.4 Å². The van der Waals surface area contributed by atoms with Crippen LogP contribution in [0.2, 0.25) is 5.02 Å². The van der Waals surface area contributed by atoms with Crippen molar-refractivity contribution in [1.29, 1.82) is 0 Å². The second kappa shape index (κ2) is 10.8. The monoisotopic (exact) mass is 582 g/mol. The van der Waals surface area contributed by atoms with Gasteiger partial charge in [0.25, 0.3) is 10.0 Å². The molecule has 4 rings (SSSR count). The van der Waals surface area contributed by atoms with E-state index >= 15 is 0 Å². The number of hydrogen-bond acceptors (Lipinski definition) is 8. The summed E-state index contributed by atoms with van der Waals surface area (Å²) in [4.78, 5) is 17.6. The fourth-order valence-corrected chi connectivity index (χ4v) is 4.70. The van der Waals surface area contributed by atoms with Gasteiger partial charge in [-0.25, -0.2) is 23.1 Å². The van der Waals surface area contributed by atoms with E-state index in [1.165, 1.54) is 55.8 Å². The Balaban J connectivity index is 1.75. The number of halogens is 4. The van der Waals surface area contributed by atoms with Crippen LogP contribution in [0.3, 0.4) is 0 Å². The van der Waals surface area contributed by atoms with Gasteiger partial charge in [0.2, 0.25) is 0 Å². The first-order chi connectivity index (χ1) is 18.4. The highest BCUT2D eigenvalue weighted by Crippen LogP contribution is 2.42. The number of sulfonamides is 1. The summed E-state index contributed by atoms with van der Waals surface area (Å²) >= 11 is 6.45. The molecule has 4 aromatic rings.